The lowest BCUT2D eigenvalue weighted by Crippen LogP contribution is -2.23. The van der Waals surface area contributed by atoms with Gasteiger partial charge in [0.05, 0.1) is 5.69 Å². The maximum Gasteiger partial charge on any atom is 0.249 e. The summed E-state index contributed by atoms with van der Waals surface area (Å²) in [7, 11) is -7.96. The third kappa shape index (κ3) is 5.76. The van der Waals surface area contributed by atoms with E-state index in [1.807, 2.05) is 24.3 Å². The van der Waals surface area contributed by atoms with Gasteiger partial charge in [0.25, 0.3) is 0 Å². The lowest BCUT2D eigenvalue weighted by molar-refractivity contribution is 0.463. The van der Waals surface area contributed by atoms with Crippen LogP contribution in [-0.2, 0) is 19.9 Å². The Morgan fingerprint density at radius 1 is 0.893 bits per heavy atom. The molecule has 146 valence electrons. The fourth-order valence-electron chi connectivity index (χ4n) is 2.34. The van der Waals surface area contributed by atoms with Gasteiger partial charge in [-0.05, 0) is 12.1 Å². The highest BCUT2D eigenvalue weighted by atomic mass is 32.3. The summed E-state index contributed by atoms with van der Waals surface area (Å²) < 4.78 is 54.7. The zero-order valence-electron chi connectivity index (χ0n) is 14.8. The average Bonchev–Trinajstić information content (AvgIpc) is 2.60. The third-order valence-corrected chi connectivity index (χ3v) is 6.80. The second kappa shape index (κ2) is 7.95. The molecule has 0 aliphatic carbocycles. The van der Waals surface area contributed by atoms with Crippen molar-refractivity contribution in [1.29, 1.82) is 0 Å². The Balaban J connectivity index is 2.00. The molecule has 0 radical (unpaired) electrons. The second-order valence-corrected chi connectivity index (χ2v) is 10.2. The number of nitrogens with zero attached hydrogens (tertiary/aromatic N) is 2. The quantitative estimate of drug-likeness (QED) is 0.626. The molecular formula is C18H17N3O5S2. The monoisotopic (exact) mass is 419 g/mol. The first-order chi connectivity index (χ1) is 13.2. The van der Waals surface area contributed by atoms with Crippen molar-refractivity contribution in [3.8, 4) is 22.9 Å². The third-order valence-electron chi connectivity index (χ3n) is 3.35. The number of hydrogen-bond acceptors (Lipinski definition) is 7. The number of nitrogens with one attached hydrogen (secondary N) is 1. The van der Waals surface area contributed by atoms with Gasteiger partial charge in [0.1, 0.15) is 5.75 Å². The summed E-state index contributed by atoms with van der Waals surface area (Å²) in [6, 6.07) is 19.4. The molecule has 0 spiro atoms. The molecule has 3 aromatic rings. The molecule has 1 heterocycles. The molecule has 0 saturated heterocycles. The summed E-state index contributed by atoms with van der Waals surface area (Å²) in [5, 5.41) is -1.08. The van der Waals surface area contributed by atoms with Crippen molar-refractivity contribution in [3.05, 3.63) is 66.7 Å². The summed E-state index contributed by atoms with van der Waals surface area (Å²) >= 11 is 0. The average molecular weight is 419 g/mol. The number of sulfonamides is 1. The van der Waals surface area contributed by atoms with Crippen LogP contribution >= 0.6 is 0 Å². The van der Waals surface area contributed by atoms with E-state index in [2.05, 4.69) is 14.7 Å². The van der Waals surface area contributed by atoms with Crippen LogP contribution < -0.4 is 9.46 Å². The van der Waals surface area contributed by atoms with E-state index >= 15 is 0 Å². The predicted octanol–water partition coefficient (Wildman–Crippen LogP) is 2.68. The molecular weight excluding hydrogens is 402 g/mol. The van der Waals surface area contributed by atoms with Crippen molar-refractivity contribution in [1.82, 2.24) is 9.97 Å². The normalized spacial score (nSPS) is 11.8. The van der Waals surface area contributed by atoms with Crippen molar-refractivity contribution in [2.75, 3.05) is 16.1 Å². The van der Waals surface area contributed by atoms with Crippen LogP contribution in [0.3, 0.4) is 0 Å². The maximum atomic E-state index is 12.1. The van der Waals surface area contributed by atoms with E-state index in [1.54, 1.807) is 42.5 Å². The molecule has 10 heteroatoms. The lowest BCUT2D eigenvalue weighted by atomic mass is 10.1. The van der Waals surface area contributed by atoms with Crippen LogP contribution in [0, 0.1) is 0 Å². The van der Waals surface area contributed by atoms with E-state index in [9.17, 15) is 16.8 Å². The van der Waals surface area contributed by atoms with Crippen LogP contribution in [0.5, 0.6) is 11.6 Å². The molecule has 0 saturated carbocycles. The number of hydrogen-bond donors (Lipinski definition) is 1. The van der Waals surface area contributed by atoms with Gasteiger partial charge < -0.3 is 4.74 Å². The standard InChI is InChI=1S/C18H17N3O5S2/c1-27(22,23)13-28(24,25)21-18-19-16(14-8-4-2-5-9-14)12-17(20-18)26-15-10-6-3-7-11-15/h2-12H,13H2,1H3,(H,19,20,21). The predicted molar refractivity (Wildman–Crippen MR) is 106 cm³/mol. The Labute approximate surface area is 163 Å². The molecule has 3 rings (SSSR count). The highest BCUT2D eigenvalue weighted by molar-refractivity contribution is 8.08. The largest absolute Gasteiger partial charge is 0.439 e. The number of para-hydroxylation sites is 1. The fourth-order valence-corrected chi connectivity index (χ4v) is 5.20. The van der Waals surface area contributed by atoms with Gasteiger partial charge in [-0.1, -0.05) is 48.5 Å². The van der Waals surface area contributed by atoms with Crippen LogP contribution in [-0.4, -0.2) is 38.1 Å². The highest BCUT2D eigenvalue weighted by Crippen LogP contribution is 2.26. The van der Waals surface area contributed by atoms with Gasteiger partial charge in [-0.15, -0.1) is 0 Å². The number of rotatable bonds is 7. The lowest BCUT2D eigenvalue weighted by Gasteiger charge is -2.11. The SMILES string of the molecule is CS(=O)(=O)CS(=O)(=O)Nc1nc(Oc2ccccc2)cc(-c2ccccc2)n1. The Kier molecular flexibility index (Phi) is 5.61. The summed E-state index contributed by atoms with van der Waals surface area (Å²) in [6.45, 7) is 0. The molecule has 0 fully saturated rings. The van der Waals surface area contributed by atoms with E-state index < -0.39 is 24.9 Å². The minimum atomic E-state index is -4.20. The Morgan fingerprint density at radius 3 is 2.11 bits per heavy atom. The Morgan fingerprint density at radius 2 is 1.50 bits per heavy atom. The van der Waals surface area contributed by atoms with Crippen LogP contribution in [0.15, 0.2) is 66.7 Å². The van der Waals surface area contributed by atoms with Gasteiger partial charge in [-0.2, -0.15) is 4.98 Å². The van der Waals surface area contributed by atoms with Crippen molar-refractivity contribution in [2.24, 2.45) is 0 Å². The van der Waals surface area contributed by atoms with Gasteiger partial charge in [0.2, 0.25) is 21.9 Å². The zero-order valence-corrected chi connectivity index (χ0v) is 16.4. The summed E-state index contributed by atoms with van der Waals surface area (Å²) in [4.78, 5) is 8.24. The first-order valence-corrected chi connectivity index (χ1v) is 11.8. The molecule has 0 unspecified atom stereocenters. The smallest absolute Gasteiger partial charge is 0.249 e. The maximum absolute atomic E-state index is 12.1. The van der Waals surface area contributed by atoms with Crippen molar-refractivity contribution in [2.45, 2.75) is 0 Å². The molecule has 1 N–H and O–H groups in total. The number of benzene rings is 2. The number of aromatic nitrogens is 2. The van der Waals surface area contributed by atoms with Gasteiger partial charge in [0, 0.05) is 17.9 Å². The minimum absolute atomic E-state index is 0.108. The van der Waals surface area contributed by atoms with Crippen LogP contribution in [0.1, 0.15) is 0 Å². The first-order valence-electron chi connectivity index (χ1n) is 8.06. The van der Waals surface area contributed by atoms with Crippen LogP contribution in [0.4, 0.5) is 5.95 Å². The minimum Gasteiger partial charge on any atom is -0.439 e. The van der Waals surface area contributed by atoms with Gasteiger partial charge in [-0.25, -0.2) is 21.8 Å². The molecule has 8 nitrogen and oxygen atoms in total. The van der Waals surface area contributed by atoms with Gasteiger partial charge in [-0.3, -0.25) is 4.72 Å². The van der Waals surface area contributed by atoms with E-state index in [4.69, 9.17) is 4.74 Å². The van der Waals surface area contributed by atoms with Crippen molar-refractivity contribution in [3.63, 3.8) is 0 Å². The topological polar surface area (TPSA) is 115 Å². The molecule has 0 amide bonds. The van der Waals surface area contributed by atoms with Crippen LogP contribution in [0.2, 0.25) is 0 Å². The molecule has 28 heavy (non-hydrogen) atoms. The second-order valence-electron chi connectivity index (χ2n) is 5.96. The summed E-state index contributed by atoms with van der Waals surface area (Å²) in [6.07, 6.45) is 0.831. The van der Waals surface area contributed by atoms with E-state index in [-0.39, 0.29) is 11.8 Å². The molecule has 0 bridgehead atoms. The molecule has 0 atom stereocenters. The first kappa shape index (κ1) is 19.8. The van der Waals surface area contributed by atoms with Crippen molar-refractivity contribution >= 4 is 25.8 Å². The van der Waals surface area contributed by atoms with E-state index in [0.29, 0.717) is 17.0 Å². The summed E-state index contributed by atoms with van der Waals surface area (Å²) in [5.74, 6) is 0.332. The van der Waals surface area contributed by atoms with Gasteiger partial charge >= 0.3 is 0 Å². The van der Waals surface area contributed by atoms with E-state index in [0.717, 1.165) is 6.26 Å². The Hall–Kier alpha value is -2.98. The highest BCUT2D eigenvalue weighted by Gasteiger charge is 2.20. The number of ether oxygens (including phenoxy) is 1. The van der Waals surface area contributed by atoms with Gasteiger partial charge in [0.15, 0.2) is 14.9 Å². The molecule has 0 aliphatic rings. The zero-order chi connectivity index (χ0) is 20.2. The molecule has 2 aromatic carbocycles. The number of sulfone groups is 1. The molecule has 1 aromatic heterocycles. The fraction of sp³-hybridized carbons (Fsp3) is 0.111. The van der Waals surface area contributed by atoms with Crippen LogP contribution in [0.25, 0.3) is 11.3 Å². The Bertz CT molecular complexity index is 1170. The summed E-state index contributed by atoms with van der Waals surface area (Å²) in [5.41, 5.74) is 1.13. The molecule has 0 aliphatic heterocycles. The number of anilines is 1. The van der Waals surface area contributed by atoms with E-state index in [1.165, 1.54) is 0 Å². The van der Waals surface area contributed by atoms with Crippen molar-refractivity contribution < 1.29 is 21.6 Å².